The number of alkyl halides is 2. The van der Waals surface area contributed by atoms with Gasteiger partial charge in [-0.05, 0) is 35.7 Å². The van der Waals surface area contributed by atoms with Crippen LogP contribution in [0, 0.1) is 10.1 Å². The van der Waals surface area contributed by atoms with Crippen molar-refractivity contribution in [2.75, 3.05) is 10.6 Å². The minimum Gasteiger partial charge on any atom is -0.506 e. The number of benzene rings is 3. The third kappa shape index (κ3) is 5.49. The molecule has 0 heterocycles. The summed E-state index contributed by atoms with van der Waals surface area (Å²) in [6.07, 6.45) is 0. The average Bonchev–Trinajstić information content (AvgIpc) is 2.77. The number of nitro benzene ring substituents is 1. The van der Waals surface area contributed by atoms with Gasteiger partial charge in [0, 0.05) is 28.5 Å². The molecule has 0 aliphatic carbocycles. The summed E-state index contributed by atoms with van der Waals surface area (Å²) in [5.41, 5.74) is -1.15. The molecule has 0 aromatic heterocycles. The Kier molecular flexibility index (Phi) is 7.50. The number of carbonyl (C=O) groups is 1. The van der Waals surface area contributed by atoms with Crippen molar-refractivity contribution in [1.82, 2.24) is 0 Å². The fourth-order valence-corrected chi connectivity index (χ4v) is 3.89. The van der Waals surface area contributed by atoms with Gasteiger partial charge in [0.15, 0.2) is 5.75 Å². The molecular weight excluding hydrogens is 604 g/mol. The number of hydrogen-bond donors (Lipinski definition) is 4. The van der Waals surface area contributed by atoms with Gasteiger partial charge in [-0.3, -0.25) is 19.5 Å². The summed E-state index contributed by atoms with van der Waals surface area (Å²) >= 11 is 6.33. The van der Waals surface area contributed by atoms with Crippen LogP contribution in [0.3, 0.4) is 0 Å². The molecule has 4 N–H and O–H groups in total. The molecule has 1 amide bonds. The van der Waals surface area contributed by atoms with Crippen molar-refractivity contribution in [3.63, 3.8) is 0 Å². The van der Waals surface area contributed by atoms with E-state index in [1.54, 1.807) is 0 Å². The van der Waals surface area contributed by atoms with Crippen LogP contribution in [0.5, 0.6) is 11.5 Å². The zero-order chi connectivity index (χ0) is 25.2. The summed E-state index contributed by atoms with van der Waals surface area (Å²) in [5.74, 6) is -1.54. The highest BCUT2D eigenvalue weighted by Gasteiger charge is 2.23. The van der Waals surface area contributed by atoms with Gasteiger partial charge >= 0.3 is 0 Å². The van der Waals surface area contributed by atoms with E-state index < -0.39 is 47.6 Å². The van der Waals surface area contributed by atoms with Crippen LogP contribution in [-0.2, 0) is 14.9 Å². The Morgan fingerprint density at radius 3 is 2.47 bits per heavy atom. The number of amides is 1. The van der Waals surface area contributed by atoms with Crippen LogP contribution < -0.4 is 5.32 Å². The normalized spacial score (nSPS) is 12.7. The quantitative estimate of drug-likeness (QED) is 0.0943. The maximum atomic E-state index is 12.1. The lowest BCUT2D eigenvalue weighted by molar-refractivity contribution is -0.384. The third-order valence-electron chi connectivity index (χ3n) is 4.44. The lowest BCUT2D eigenvalue weighted by Crippen LogP contribution is -2.23. The maximum absolute atomic E-state index is 12.1. The van der Waals surface area contributed by atoms with E-state index in [2.05, 4.69) is 47.4 Å². The SMILES string of the molecule is O=C(Nc1ccc2c(O)c(N=Nc3cc([N+](=O)[O-])ccc3O)c(S(=O)(=O)O)cc2c1)C(Br)CBr. The first kappa shape index (κ1) is 25.5. The molecule has 1 atom stereocenters. The lowest BCUT2D eigenvalue weighted by atomic mass is 10.1. The number of carbonyl (C=O) groups excluding carboxylic acids is 1. The average molecular weight is 618 g/mol. The number of nitro groups is 1. The van der Waals surface area contributed by atoms with Crippen molar-refractivity contribution < 1.29 is 32.9 Å². The number of nitrogens with one attached hydrogen (secondary N) is 1. The van der Waals surface area contributed by atoms with Gasteiger partial charge in [0.25, 0.3) is 15.8 Å². The van der Waals surface area contributed by atoms with Gasteiger partial charge in [0.2, 0.25) is 5.91 Å². The van der Waals surface area contributed by atoms with Crippen LogP contribution in [0.2, 0.25) is 0 Å². The Labute approximate surface area is 208 Å². The predicted molar refractivity (Wildman–Crippen MR) is 130 cm³/mol. The molecule has 0 saturated carbocycles. The zero-order valence-corrected chi connectivity index (χ0v) is 20.7. The first-order valence-electron chi connectivity index (χ1n) is 9.09. The summed E-state index contributed by atoms with van der Waals surface area (Å²) in [6, 6.07) is 8.14. The van der Waals surface area contributed by atoms with Gasteiger partial charge in [-0.1, -0.05) is 31.9 Å². The van der Waals surface area contributed by atoms with Crippen molar-refractivity contribution in [1.29, 1.82) is 0 Å². The van der Waals surface area contributed by atoms with Crippen molar-refractivity contribution >= 4 is 81.4 Å². The number of nitrogens with zero attached hydrogens (tertiary/aromatic N) is 3. The number of non-ortho nitro benzene ring substituents is 1. The minimum atomic E-state index is -4.92. The van der Waals surface area contributed by atoms with Crippen LogP contribution in [0.25, 0.3) is 10.8 Å². The first-order chi connectivity index (χ1) is 15.9. The molecular formula is C19H14Br2N4O8S. The minimum absolute atomic E-state index is 0.110. The van der Waals surface area contributed by atoms with E-state index >= 15 is 0 Å². The van der Waals surface area contributed by atoms with Crippen LogP contribution in [0.15, 0.2) is 57.6 Å². The number of azo groups is 1. The smallest absolute Gasteiger partial charge is 0.296 e. The Hall–Kier alpha value is -3.14. The second kappa shape index (κ2) is 10.0. The van der Waals surface area contributed by atoms with E-state index in [1.807, 2.05) is 0 Å². The van der Waals surface area contributed by atoms with Gasteiger partial charge in [-0.2, -0.15) is 8.42 Å². The molecule has 3 aromatic rings. The monoisotopic (exact) mass is 616 g/mol. The first-order valence-corrected chi connectivity index (χ1v) is 12.6. The highest BCUT2D eigenvalue weighted by molar-refractivity contribution is 9.12. The molecule has 12 nitrogen and oxygen atoms in total. The topological polar surface area (TPSA) is 192 Å². The summed E-state index contributed by atoms with van der Waals surface area (Å²) in [7, 11) is -4.92. The molecule has 15 heteroatoms. The number of rotatable bonds is 7. The number of aromatic hydroxyl groups is 2. The van der Waals surface area contributed by atoms with Crippen LogP contribution in [0.4, 0.5) is 22.7 Å². The standard InChI is InChI=1S/C19H14Br2N4O8S/c20-8-13(21)19(28)22-10-1-3-12-9(5-10)6-16(34(31,32)33)17(18(12)27)24-23-14-7-11(25(29)30)2-4-15(14)26/h1-7,13,26-27H,8H2,(H,22,28)(H,31,32,33). The van der Waals surface area contributed by atoms with Crippen molar-refractivity contribution in [2.45, 2.75) is 9.72 Å². The fraction of sp³-hybridized carbons (Fsp3) is 0.105. The van der Waals surface area contributed by atoms with Gasteiger partial charge < -0.3 is 15.5 Å². The number of phenolic OH excluding ortho intramolecular Hbond substituents is 2. The molecule has 178 valence electrons. The number of hydrogen-bond acceptors (Lipinski definition) is 9. The van der Waals surface area contributed by atoms with Crippen LogP contribution >= 0.6 is 31.9 Å². The summed E-state index contributed by atoms with van der Waals surface area (Å²) in [6.45, 7) is 0. The number of halogens is 2. The molecule has 0 bridgehead atoms. The molecule has 0 aliphatic heterocycles. The van der Waals surface area contributed by atoms with Crippen molar-refractivity contribution in [3.8, 4) is 11.5 Å². The zero-order valence-electron chi connectivity index (χ0n) is 16.7. The highest BCUT2D eigenvalue weighted by Crippen LogP contribution is 2.42. The van der Waals surface area contributed by atoms with E-state index in [1.165, 1.54) is 18.2 Å². The molecule has 3 aromatic carbocycles. The lowest BCUT2D eigenvalue weighted by Gasteiger charge is -2.12. The summed E-state index contributed by atoms with van der Waals surface area (Å²) in [4.78, 5) is 20.9. The van der Waals surface area contributed by atoms with Gasteiger partial charge in [-0.25, -0.2) is 0 Å². The Bertz CT molecular complexity index is 1450. The molecule has 3 rings (SSSR count). The summed E-state index contributed by atoms with van der Waals surface area (Å²) in [5, 5.41) is 42.0. The number of phenols is 2. The van der Waals surface area contributed by atoms with Crippen molar-refractivity contribution in [3.05, 3.63) is 52.6 Å². The van der Waals surface area contributed by atoms with Gasteiger partial charge in [0.05, 0.1) is 4.92 Å². The predicted octanol–water partition coefficient (Wildman–Crippen LogP) is 4.92. The van der Waals surface area contributed by atoms with Gasteiger partial charge in [0.1, 0.15) is 26.8 Å². The molecule has 0 spiro atoms. The van der Waals surface area contributed by atoms with E-state index in [-0.39, 0.29) is 22.4 Å². The molecule has 0 aliphatic rings. The van der Waals surface area contributed by atoms with Gasteiger partial charge in [-0.15, -0.1) is 10.2 Å². The Morgan fingerprint density at radius 2 is 1.85 bits per heavy atom. The Balaban J connectivity index is 2.14. The van der Waals surface area contributed by atoms with Crippen LogP contribution in [0.1, 0.15) is 0 Å². The summed E-state index contributed by atoms with van der Waals surface area (Å²) < 4.78 is 33.7. The maximum Gasteiger partial charge on any atom is 0.296 e. The number of anilines is 1. The second-order valence-corrected chi connectivity index (χ2v) is 9.87. The molecule has 0 saturated heterocycles. The fourth-order valence-electron chi connectivity index (χ4n) is 2.82. The molecule has 34 heavy (non-hydrogen) atoms. The molecule has 0 fully saturated rings. The van der Waals surface area contributed by atoms with E-state index in [0.29, 0.717) is 11.0 Å². The molecule has 0 radical (unpaired) electrons. The number of fused-ring (bicyclic) bond motifs is 1. The van der Waals surface area contributed by atoms with Crippen LogP contribution in [-0.4, -0.2) is 44.2 Å². The molecule has 1 unspecified atom stereocenters. The third-order valence-corrected chi connectivity index (χ3v) is 7.57. The van der Waals surface area contributed by atoms with Crippen molar-refractivity contribution in [2.24, 2.45) is 10.2 Å². The van der Waals surface area contributed by atoms with E-state index in [9.17, 15) is 38.1 Å². The second-order valence-electron chi connectivity index (χ2n) is 6.72. The Morgan fingerprint density at radius 1 is 1.15 bits per heavy atom. The highest BCUT2D eigenvalue weighted by atomic mass is 79.9. The largest absolute Gasteiger partial charge is 0.506 e. The van der Waals surface area contributed by atoms with E-state index in [4.69, 9.17) is 0 Å². The van der Waals surface area contributed by atoms with E-state index in [0.717, 1.165) is 24.3 Å².